The highest BCUT2D eigenvalue weighted by Gasteiger charge is 2.41. The molecule has 2 unspecified atom stereocenters. The van der Waals surface area contributed by atoms with E-state index in [9.17, 15) is 13.9 Å². The fourth-order valence-electron chi connectivity index (χ4n) is 3.32. The Morgan fingerprint density at radius 1 is 1.43 bits per heavy atom. The van der Waals surface area contributed by atoms with Crippen LogP contribution in [0.25, 0.3) is 0 Å². The highest BCUT2D eigenvalue weighted by molar-refractivity contribution is 7.99. The van der Waals surface area contributed by atoms with Crippen LogP contribution < -0.4 is 5.32 Å². The van der Waals surface area contributed by atoms with Crippen LogP contribution in [-0.4, -0.2) is 29.5 Å². The predicted molar refractivity (Wildman–Crippen MR) is 82.5 cm³/mol. The summed E-state index contributed by atoms with van der Waals surface area (Å²) in [6.07, 6.45) is 4.14. The number of rotatable bonds is 7. The van der Waals surface area contributed by atoms with E-state index >= 15 is 0 Å². The molecule has 2 rings (SSSR count). The molecule has 0 spiro atoms. The molecule has 2 nitrogen and oxygen atoms in total. The molecule has 0 heterocycles. The first-order valence-corrected chi connectivity index (χ1v) is 8.53. The molecule has 1 saturated carbocycles. The van der Waals surface area contributed by atoms with Gasteiger partial charge in [-0.3, -0.25) is 0 Å². The van der Waals surface area contributed by atoms with E-state index in [0.717, 1.165) is 44.0 Å². The number of likely N-dealkylation sites (N-methyl/N-ethyl adjacent to an activating group) is 1. The Bertz CT molecular complexity index is 472. The molecule has 1 aromatic rings. The molecular weight excluding hydrogens is 292 g/mol. The van der Waals surface area contributed by atoms with E-state index < -0.39 is 11.6 Å². The minimum atomic E-state index is -0.543. The van der Waals surface area contributed by atoms with E-state index in [2.05, 4.69) is 12.2 Å². The van der Waals surface area contributed by atoms with Crippen molar-refractivity contribution in [2.45, 2.75) is 43.0 Å². The maximum absolute atomic E-state index is 13.6. The largest absolute Gasteiger partial charge is 0.394 e. The van der Waals surface area contributed by atoms with Gasteiger partial charge in [-0.25, -0.2) is 8.78 Å². The van der Waals surface area contributed by atoms with Gasteiger partial charge < -0.3 is 10.4 Å². The van der Waals surface area contributed by atoms with Crippen molar-refractivity contribution in [3.05, 3.63) is 29.8 Å². The van der Waals surface area contributed by atoms with Gasteiger partial charge in [0.1, 0.15) is 11.6 Å². The highest BCUT2D eigenvalue weighted by atomic mass is 32.2. The average molecular weight is 315 g/mol. The summed E-state index contributed by atoms with van der Waals surface area (Å²) in [6.45, 7) is 3.05. The number of thioether (sulfide) groups is 1. The smallest absolute Gasteiger partial charge is 0.139 e. The standard InChI is InChI=1S/C16H23F2NOS/c1-2-19-16(11-20)8-3-4-12(16)7-9-21-15-6-5-13(17)10-14(15)18/h5-6,10,12,19-20H,2-4,7-9,11H2,1H3. The number of halogens is 2. The van der Waals surface area contributed by atoms with Gasteiger partial charge in [-0.2, -0.15) is 0 Å². The first-order chi connectivity index (χ1) is 10.1. The third-order valence-corrected chi connectivity index (χ3v) is 5.47. The maximum atomic E-state index is 13.6. The van der Waals surface area contributed by atoms with Gasteiger partial charge in [0.25, 0.3) is 0 Å². The van der Waals surface area contributed by atoms with Crippen LogP contribution in [0.2, 0.25) is 0 Å². The van der Waals surface area contributed by atoms with Crippen molar-refractivity contribution in [1.82, 2.24) is 5.32 Å². The van der Waals surface area contributed by atoms with Crippen molar-refractivity contribution in [3.63, 3.8) is 0 Å². The van der Waals surface area contributed by atoms with Gasteiger partial charge in [0.15, 0.2) is 0 Å². The van der Waals surface area contributed by atoms with E-state index in [-0.39, 0.29) is 12.1 Å². The van der Waals surface area contributed by atoms with Crippen molar-refractivity contribution in [2.24, 2.45) is 5.92 Å². The minimum Gasteiger partial charge on any atom is -0.394 e. The number of hydrogen-bond donors (Lipinski definition) is 2. The topological polar surface area (TPSA) is 32.3 Å². The fourth-order valence-corrected chi connectivity index (χ4v) is 4.30. The molecule has 1 aromatic carbocycles. The van der Waals surface area contributed by atoms with E-state index in [0.29, 0.717) is 10.8 Å². The van der Waals surface area contributed by atoms with Gasteiger partial charge in [-0.05, 0) is 49.6 Å². The Balaban J connectivity index is 1.90. The monoisotopic (exact) mass is 315 g/mol. The zero-order chi connectivity index (χ0) is 15.3. The number of benzene rings is 1. The van der Waals surface area contributed by atoms with Gasteiger partial charge >= 0.3 is 0 Å². The van der Waals surface area contributed by atoms with E-state index in [1.807, 2.05) is 0 Å². The summed E-state index contributed by atoms with van der Waals surface area (Å²) in [5, 5.41) is 13.2. The van der Waals surface area contributed by atoms with Crippen LogP contribution >= 0.6 is 11.8 Å². The Labute approximate surface area is 129 Å². The van der Waals surface area contributed by atoms with Crippen LogP contribution in [0, 0.1) is 17.6 Å². The average Bonchev–Trinajstić information content (AvgIpc) is 2.85. The van der Waals surface area contributed by atoms with Crippen LogP contribution in [0.5, 0.6) is 0 Å². The van der Waals surface area contributed by atoms with Crippen molar-refractivity contribution < 1.29 is 13.9 Å². The minimum absolute atomic E-state index is 0.154. The fraction of sp³-hybridized carbons (Fsp3) is 0.625. The molecule has 0 radical (unpaired) electrons. The van der Waals surface area contributed by atoms with Crippen LogP contribution in [-0.2, 0) is 0 Å². The number of aliphatic hydroxyl groups excluding tert-OH is 1. The summed E-state index contributed by atoms with van der Waals surface area (Å²) in [5.41, 5.74) is -0.170. The lowest BCUT2D eigenvalue weighted by Gasteiger charge is -2.35. The predicted octanol–water partition coefficient (Wildman–Crippen LogP) is 3.59. The SMILES string of the molecule is CCNC1(CO)CCCC1CCSc1ccc(F)cc1F. The zero-order valence-electron chi connectivity index (χ0n) is 12.4. The Morgan fingerprint density at radius 2 is 2.24 bits per heavy atom. The van der Waals surface area contributed by atoms with Gasteiger partial charge in [0.05, 0.1) is 6.61 Å². The van der Waals surface area contributed by atoms with Gasteiger partial charge in [0.2, 0.25) is 0 Å². The Kier molecular flexibility index (Phi) is 6.02. The lowest BCUT2D eigenvalue weighted by molar-refractivity contribution is 0.124. The Hall–Kier alpha value is -0.650. The summed E-state index contributed by atoms with van der Waals surface area (Å²) < 4.78 is 26.4. The molecule has 1 aliphatic rings. The molecule has 1 aliphatic carbocycles. The lowest BCUT2D eigenvalue weighted by Crippen LogP contribution is -2.51. The molecule has 2 atom stereocenters. The lowest BCUT2D eigenvalue weighted by atomic mass is 9.86. The van der Waals surface area contributed by atoms with Gasteiger partial charge in [0, 0.05) is 16.5 Å². The first-order valence-electron chi connectivity index (χ1n) is 7.55. The molecule has 0 saturated heterocycles. The first kappa shape index (κ1) is 16.7. The summed E-state index contributed by atoms with van der Waals surface area (Å²) in [6, 6.07) is 3.71. The second kappa shape index (κ2) is 7.56. The number of hydrogen-bond acceptors (Lipinski definition) is 3. The van der Waals surface area contributed by atoms with Crippen LogP contribution in [0.4, 0.5) is 8.78 Å². The van der Waals surface area contributed by atoms with Crippen LogP contribution in [0.1, 0.15) is 32.6 Å². The quantitative estimate of drug-likeness (QED) is 0.754. The highest BCUT2D eigenvalue weighted by Crippen LogP contribution is 2.39. The molecular formula is C16H23F2NOS. The second-order valence-electron chi connectivity index (χ2n) is 5.65. The third-order valence-electron chi connectivity index (χ3n) is 4.39. The molecule has 21 heavy (non-hydrogen) atoms. The van der Waals surface area contributed by atoms with E-state index in [1.54, 1.807) is 0 Å². The van der Waals surface area contributed by atoms with Crippen molar-refractivity contribution in [2.75, 3.05) is 18.9 Å². The molecule has 118 valence electrons. The number of nitrogens with one attached hydrogen (secondary N) is 1. The molecule has 0 bridgehead atoms. The zero-order valence-corrected chi connectivity index (χ0v) is 13.2. The normalized spacial score (nSPS) is 25.4. The maximum Gasteiger partial charge on any atom is 0.139 e. The molecule has 1 fully saturated rings. The summed E-state index contributed by atoms with van der Waals surface area (Å²) in [4.78, 5) is 0.493. The molecule has 0 amide bonds. The Morgan fingerprint density at radius 3 is 2.90 bits per heavy atom. The van der Waals surface area contributed by atoms with Crippen LogP contribution in [0.3, 0.4) is 0 Å². The summed E-state index contributed by atoms with van der Waals surface area (Å²) in [7, 11) is 0. The summed E-state index contributed by atoms with van der Waals surface area (Å²) >= 11 is 1.42. The summed E-state index contributed by atoms with van der Waals surface area (Å²) in [5.74, 6) is 0.157. The number of aliphatic hydroxyl groups is 1. The molecule has 0 aliphatic heterocycles. The van der Waals surface area contributed by atoms with Gasteiger partial charge in [-0.1, -0.05) is 13.3 Å². The third kappa shape index (κ3) is 3.96. The van der Waals surface area contributed by atoms with Crippen molar-refractivity contribution in [1.29, 1.82) is 0 Å². The van der Waals surface area contributed by atoms with E-state index in [4.69, 9.17) is 0 Å². The van der Waals surface area contributed by atoms with Crippen LogP contribution in [0.15, 0.2) is 23.1 Å². The molecule has 0 aromatic heterocycles. The molecule has 5 heteroatoms. The van der Waals surface area contributed by atoms with Crippen molar-refractivity contribution in [3.8, 4) is 0 Å². The van der Waals surface area contributed by atoms with Gasteiger partial charge in [-0.15, -0.1) is 11.8 Å². The van der Waals surface area contributed by atoms with Crippen molar-refractivity contribution >= 4 is 11.8 Å². The molecule has 2 N–H and O–H groups in total. The second-order valence-corrected chi connectivity index (χ2v) is 6.78. The van der Waals surface area contributed by atoms with E-state index in [1.165, 1.54) is 23.9 Å².